The lowest BCUT2D eigenvalue weighted by Crippen LogP contribution is -2.16. The first-order chi connectivity index (χ1) is 13.6. The number of methoxy groups -OCH3 is 1. The first-order valence-electron chi connectivity index (χ1n) is 9.18. The summed E-state index contributed by atoms with van der Waals surface area (Å²) in [4.78, 5) is 12.3. The van der Waals surface area contributed by atoms with Crippen LogP contribution in [-0.4, -0.2) is 19.6 Å². The number of hydrogen-bond acceptors (Lipinski definition) is 4. The number of ether oxygens (including phenoxy) is 2. The zero-order valence-electron chi connectivity index (χ0n) is 16.7. The number of rotatable bonds is 9. The minimum Gasteiger partial charge on any atom is -0.460 e. The summed E-state index contributed by atoms with van der Waals surface area (Å²) in [7, 11) is 1.22. The second-order valence-electron chi connectivity index (χ2n) is 7.52. The van der Waals surface area contributed by atoms with Gasteiger partial charge in [-0.1, -0.05) is 20.8 Å². The first kappa shape index (κ1) is 23.1. The van der Waals surface area contributed by atoms with Gasteiger partial charge in [0.15, 0.2) is 17.5 Å². The fourth-order valence-corrected chi connectivity index (χ4v) is 3.40. The molecule has 0 aliphatic heterocycles. The molecule has 1 aromatic rings. The van der Waals surface area contributed by atoms with Gasteiger partial charge >= 0.3 is 5.97 Å². The van der Waals surface area contributed by atoms with Crippen molar-refractivity contribution in [1.29, 1.82) is 0 Å². The van der Waals surface area contributed by atoms with Gasteiger partial charge in [-0.3, -0.25) is 4.79 Å². The van der Waals surface area contributed by atoms with Gasteiger partial charge in [0.05, 0.1) is 29.3 Å². The van der Waals surface area contributed by atoms with E-state index in [9.17, 15) is 26.7 Å². The summed E-state index contributed by atoms with van der Waals surface area (Å²) in [6, 6.07) is 0. The number of carbonyl (C=O) groups excluding carboxylic acids is 1. The smallest absolute Gasteiger partial charge is 0.310 e. The van der Waals surface area contributed by atoms with Gasteiger partial charge in [0.1, 0.15) is 6.61 Å². The predicted molar refractivity (Wildman–Crippen MR) is 96.7 cm³/mol. The van der Waals surface area contributed by atoms with Crippen molar-refractivity contribution in [1.82, 2.24) is 0 Å². The highest BCUT2D eigenvalue weighted by Crippen LogP contribution is 2.60. The highest BCUT2D eigenvalue weighted by molar-refractivity contribution is 5.78. The Bertz CT molecular complexity index is 806. The Morgan fingerprint density at radius 1 is 1.10 bits per heavy atom. The Balaban J connectivity index is 2.28. The van der Waals surface area contributed by atoms with Crippen molar-refractivity contribution in [3.05, 3.63) is 40.7 Å². The molecule has 29 heavy (non-hydrogen) atoms. The van der Waals surface area contributed by atoms with Crippen molar-refractivity contribution in [3.8, 4) is 0 Å². The molecule has 1 saturated carbocycles. The molecule has 1 aromatic carbocycles. The van der Waals surface area contributed by atoms with Crippen molar-refractivity contribution >= 4 is 11.7 Å². The van der Waals surface area contributed by atoms with Crippen LogP contribution in [0.15, 0.2) is 12.2 Å². The molecule has 0 radical (unpaired) electrons. The van der Waals surface area contributed by atoms with Gasteiger partial charge in [-0.25, -0.2) is 13.2 Å². The Kier molecular flexibility index (Phi) is 7.26. The number of esters is 1. The van der Waals surface area contributed by atoms with E-state index >= 15 is 0 Å². The van der Waals surface area contributed by atoms with E-state index < -0.39 is 71.1 Å². The lowest BCUT2D eigenvalue weighted by atomic mass is 10.1. The van der Waals surface area contributed by atoms with E-state index in [-0.39, 0.29) is 12.2 Å². The van der Waals surface area contributed by atoms with Crippen LogP contribution in [0.4, 0.5) is 27.6 Å². The van der Waals surface area contributed by atoms with E-state index in [0.29, 0.717) is 12.5 Å². The number of allylic oxidation sites excluding steroid dienone is 1. The second-order valence-corrected chi connectivity index (χ2v) is 7.52. The third-order valence-electron chi connectivity index (χ3n) is 5.18. The molecule has 162 valence electrons. The summed E-state index contributed by atoms with van der Waals surface area (Å²) < 4.78 is 78.4. The SMILES string of the molecule is CCCNc1c(F)c(COC)c(F)c(F)c1COC(=O)[C@@H]1[C@@H](C=C(F)F)C1(C)C. The molecule has 2 atom stereocenters. The summed E-state index contributed by atoms with van der Waals surface area (Å²) in [5.74, 6) is -6.21. The number of nitrogens with one attached hydrogen (secondary N) is 1. The molecule has 1 aliphatic carbocycles. The summed E-state index contributed by atoms with van der Waals surface area (Å²) in [5.41, 5.74) is -2.12. The molecule has 1 aliphatic rings. The Morgan fingerprint density at radius 2 is 1.72 bits per heavy atom. The summed E-state index contributed by atoms with van der Waals surface area (Å²) >= 11 is 0. The van der Waals surface area contributed by atoms with Crippen LogP contribution >= 0.6 is 0 Å². The lowest BCUT2D eigenvalue weighted by Gasteiger charge is -2.17. The van der Waals surface area contributed by atoms with Crippen LogP contribution in [0.3, 0.4) is 0 Å². The van der Waals surface area contributed by atoms with Crippen molar-refractivity contribution in [3.63, 3.8) is 0 Å². The van der Waals surface area contributed by atoms with Gasteiger partial charge < -0.3 is 14.8 Å². The normalized spacial score (nSPS) is 19.6. The van der Waals surface area contributed by atoms with Crippen LogP contribution in [0.2, 0.25) is 0 Å². The number of benzene rings is 1. The Morgan fingerprint density at radius 3 is 2.28 bits per heavy atom. The van der Waals surface area contributed by atoms with E-state index in [4.69, 9.17) is 9.47 Å². The molecule has 1 N–H and O–H groups in total. The third kappa shape index (κ3) is 4.71. The minimum absolute atomic E-state index is 0.271. The van der Waals surface area contributed by atoms with Crippen LogP contribution in [0.25, 0.3) is 0 Å². The summed E-state index contributed by atoms with van der Waals surface area (Å²) in [6.45, 7) is 4.10. The maximum Gasteiger partial charge on any atom is 0.310 e. The summed E-state index contributed by atoms with van der Waals surface area (Å²) in [5, 5.41) is 2.68. The molecule has 0 bridgehead atoms. The molecule has 9 heteroatoms. The average molecular weight is 421 g/mol. The zero-order valence-corrected chi connectivity index (χ0v) is 16.7. The Hall–Kier alpha value is -2.16. The van der Waals surface area contributed by atoms with E-state index in [1.807, 2.05) is 0 Å². The van der Waals surface area contributed by atoms with Gasteiger partial charge in [-0.2, -0.15) is 8.78 Å². The van der Waals surface area contributed by atoms with Gasteiger partial charge in [0, 0.05) is 19.6 Å². The second kappa shape index (κ2) is 9.11. The maximum atomic E-state index is 14.7. The molecular weight excluding hydrogens is 397 g/mol. The predicted octanol–water partition coefficient (Wildman–Crippen LogP) is 5.17. The topological polar surface area (TPSA) is 47.6 Å². The van der Waals surface area contributed by atoms with Crippen LogP contribution in [0.1, 0.15) is 38.3 Å². The van der Waals surface area contributed by atoms with Crippen LogP contribution in [-0.2, 0) is 27.5 Å². The van der Waals surface area contributed by atoms with Crippen molar-refractivity contribution in [2.75, 3.05) is 19.0 Å². The van der Waals surface area contributed by atoms with Crippen molar-refractivity contribution in [2.45, 2.75) is 40.4 Å². The highest BCUT2D eigenvalue weighted by atomic mass is 19.3. The number of halogens is 5. The quantitative estimate of drug-likeness (QED) is 0.340. The molecule has 1 fully saturated rings. The van der Waals surface area contributed by atoms with Gasteiger partial charge in [-0.15, -0.1) is 0 Å². The molecular formula is C20H24F5NO3. The van der Waals surface area contributed by atoms with Crippen molar-refractivity contribution < 1.29 is 36.2 Å². The zero-order chi connectivity index (χ0) is 21.9. The fourth-order valence-electron chi connectivity index (χ4n) is 3.40. The number of carbonyl (C=O) groups is 1. The molecule has 0 saturated heterocycles. The average Bonchev–Trinajstić information content (AvgIpc) is 3.18. The first-order valence-corrected chi connectivity index (χ1v) is 9.18. The maximum absolute atomic E-state index is 14.7. The third-order valence-corrected chi connectivity index (χ3v) is 5.18. The summed E-state index contributed by atoms with van der Waals surface area (Å²) in [6.07, 6.45) is -0.649. The Labute approximate surface area is 166 Å². The molecule has 0 spiro atoms. The van der Waals surface area contributed by atoms with E-state index in [1.165, 1.54) is 7.11 Å². The molecule has 0 heterocycles. The van der Waals surface area contributed by atoms with Crippen LogP contribution in [0, 0.1) is 34.7 Å². The van der Waals surface area contributed by atoms with E-state index in [2.05, 4.69) is 5.32 Å². The number of hydrogen-bond donors (Lipinski definition) is 1. The molecule has 0 amide bonds. The highest BCUT2D eigenvalue weighted by Gasteiger charge is 2.62. The van der Waals surface area contributed by atoms with E-state index in [0.717, 1.165) is 0 Å². The molecule has 0 unspecified atom stereocenters. The minimum atomic E-state index is -1.91. The van der Waals surface area contributed by atoms with E-state index in [1.54, 1.807) is 20.8 Å². The molecule has 0 aromatic heterocycles. The van der Waals surface area contributed by atoms with Crippen LogP contribution in [0.5, 0.6) is 0 Å². The standard InChI is InChI=1S/C20H24F5NO3/c1-5-6-26-18-11(16(24)15(23)10(8-28-4)17(18)25)9-29-19(27)14-12(7-13(21)22)20(14,2)3/h7,12,14,26H,5-6,8-9H2,1-4H3/t12-,14+/m1/s1. The number of anilines is 1. The molecule has 2 rings (SSSR count). The van der Waals surface area contributed by atoms with Gasteiger partial charge in [0.2, 0.25) is 0 Å². The molecule has 4 nitrogen and oxygen atoms in total. The largest absolute Gasteiger partial charge is 0.460 e. The van der Waals surface area contributed by atoms with Gasteiger partial charge in [-0.05, 0) is 17.9 Å². The lowest BCUT2D eigenvalue weighted by molar-refractivity contribution is -0.147. The monoisotopic (exact) mass is 421 g/mol. The van der Waals surface area contributed by atoms with Gasteiger partial charge in [0.25, 0.3) is 6.08 Å². The van der Waals surface area contributed by atoms with Crippen LogP contribution < -0.4 is 5.32 Å². The fraction of sp³-hybridized carbons (Fsp3) is 0.550. The van der Waals surface area contributed by atoms with Crippen molar-refractivity contribution in [2.24, 2.45) is 17.3 Å².